The van der Waals surface area contributed by atoms with Crippen molar-refractivity contribution in [3.63, 3.8) is 0 Å². The molecule has 0 saturated carbocycles. The standard InChI is InChI=1S/C10H11ClN2OS/c1-3-7-4-5-15-8(7)10-13-12-9(14-10)6(2)11/h4-6H,3H2,1-2H3. The van der Waals surface area contributed by atoms with Gasteiger partial charge in [-0.1, -0.05) is 6.92 Å². The van der Waals surface area contributed by atoms with Crippen LogP contribution >= 0.6 is 22.9 Å². The van der Waals surface area contributed by atoms with E-state index in [0.717, 1.165) is 11.3 Å². The first kappa shape index (κ1) is 10.6. The van der Waals surface area contributed by atoms with E-state index in [2.05, 4.69) is 23.2 Å². The lowest BCUT2D eigenvalue weighted by Crippen LogP contribution is -1.81. The molecule has 0 aliphatic heterocycles. The maximum atomic E-state index is 5.86. The molecule has 2 heterocycles. The number of halogens is 1. The molecule has 1 unspecified atom stereocenters. The number of thiophene rings is 1. The Morgan fingerprint density at radius 2 is 2.33 bits per heavy atom. The van der Waals surface area contributed by atoms with E-state index >= 15 is 0 Å². The van der Waals surface area contributed by atoms with Crippen LogP contribution in [0.25, 0.3) is 10.8 Å². The zero-order valence-electron chi connectivity index (χ0n) is 8.53. The van der Waals surface area contributed by atoms with Crippen molar-refractivity contribution in [2.45, 2.75) is 25.6 Å². The van der Waals surface area contributed by atoms with Gasteiger partial charge in [0.05, 0.1) is 4.88 Å². The summed E-state index contributed by atoms with van der Waals surface area (Å²) in [6.07, 6.45) is 0.965. The second-order valence-electron chi connectivity index (χ2n) is 3.19. The van der Waals surface area contributed by atoms with Crippen molar-refractivity contribution in [2.75, 3.05) is 0 Å². The molecule has 2 aromatic rings. The largest absolute Gasteiger partial charge is 0.418 e. The summed E-state index contributed by atoms with van der Waals surface area (Å²) in [7, 11) is 0. The van der Waals surface area contributed by atoms with Crippen molar-refractivity contribution in [3.05, 3.63) is 22.9 Å². The highest BCUT2D eigenvalue weighted by Gasteiger charge is 2.15. The number of nitrogens with zero attached hydrogens (tertiary/aromatic N) is 2. The van der Waals surface area contributed by atoms with Gasteiger partial charge in [-0.25, -0.2) is 0 Å². The van der Waals surface area contributed by atoms with E-state index in [1.807, 2.05) is 12.3 Å². The molecular formula is C10H11ClN2OS. The number of hydrogen-bond acceptors (Lipinski definition) is 4. The smallest absolute Gasteiger partial charge is 0.258 e. The van der Waals surface area contributed by atoms with Gasteiger partial charge in [-0.3, -0.25) is 0 Å². The normalized spacial score (nSPS) is 13.0. The van der Waals surface area contributed by atoms with Gasteiger partial charge in [-0.05, 0) is 30.4 Å². The highest BCUT2D eigenvalue weighted by molar-refractivity contribution is 7.13. The molecule has 0 aromatic carbocycles. The molecule has 80 valence electrons. The van der Waals surface area contributed by atoms with Crippen molar-refractivity contribution in [3.8, 4) is 10.8 Å². The predicted molar refractivity (Wildman–Crippen MR) is 61.3 cm³/mol. The van der Waals surface area contributed by atoms with Gasteiger partial charge in [0.25, 0.3) is 5.89 Å². The molecule has 2 aromatic heterocycles. The summed E-state index contributed by atoms with van der Waals surface area (Å²) in [5.74, 6) is 1.05. The fourth-order valence-corrected chi connectivity index (χ4v) is 2.29. The highest BCUT2D eigenvalue weighted by Crippen LogP contribution is 2.30. The van der Waals surface area contributed by atoms with Crippen LogP contribution in [0.1, 0.15) is 30.7 Å². The zero-order chi connectivity index (χ0) is 10.8. The summed E-state index contributed by atoms with van der Waals surface area (Å²) in [6.45, 7) is 3.92. The molecule has 15 heavy (non-hydrogen) atoms. The summed E-state index contributed by atoms with van der Waals surface area (Å²) in [5.41, 5.74) is 1.23. The zero-order valence-corrected chi connectivity index (χ0v) is 10.1. The Labute approximate surface area is 97.1 Å². The Morgan fingerprint density at radius 1 is 1.53 bits per heavy atom. The van der Waals surface area contributed by atoms with Gasteiger partial charge in [0.2, 0.25) is 5.89 Å². The Balaban J connectivity index is 2.37. The summed E-state index contributed by atoms with van der Waals surface area (Å²) in [6, 6.07) is 2.08. The average molecular weight is 243 g/mol. The number of aromatic nitrogens is 2. The van der Waals surface area contributed by atoms with E-state index in [4.69, 9.17) is 16.0 Å². The van der Waals surface area contributed by atoms with Crippen molar-refractivity contribution < 1.29 is 4.42 Å². The molecule has 0 radical (unpaired) electrons. The Kier molecular flexibility index (Phi) is 3.07. The molecule has 0 aliphatic rings. The molecule has 0 N–H and O–H groups in total. The van der Waals surface area contributed by atoms with Crippen LogP contribution in [-0.2, 0) is 6.42 Å². The number of alkyl halides is 1. The lowest BCUT2D eigenvalue weighted by molar-refractivity contribution is 0.508. The van der Waals surface area contributed by atoms with E-state index in [1.165, 1.54) is 5.56 Å². The maximum absolute atomic E-state index is 5.86. The van der Waals surface area contributed by atoms with E-state index in [9.17, 15) is 0 Å². The lowest BCUT2D eigenvalue weighted by Gasteiger charge is -1.95. The van der Waals surface area contributed by atoms with Gasteiger partial charge in [-0.15, -0.1) is 33.1 Å². The summed E-state index contributed by atoms with van der Waals surface area (Å²) in [4.78, 5) is 1.05. The predicted octanol–water partition coefficient (Wildman–Crippen LogP) is 3.66. The first-order valence-electron chi connectivity index (χ1n) is 4.76. The minimum atomic E-state index is -0.240. The molecular weight excluding hydrogens is 232 g/mol. The van der Waals surface area contributed by atoms with E-state index < -0.39 is 0 Å². The number of rotatable bonds is 3. The van der Waals surface area contributed by atoms with Crippen LogP contribution in [0.3, 0.4) is 0 Å². The average Bonchev–Trinajstić information content (AvgIpc) is 2.85. The van der Waals surface area contributed by atoms with Crippen LogP contribution in [-0.4, -0.2) is 10.2 Å². The van der Waals surface area contributed by atoms with Crippen molar-refractivity contribution >= 4 is 22.9 Å². The third-order valence-electron chi connectivity index (χ3n) is 2.10. The molecule has 0 fully saturated rings. The molecule has 3 nitrogen and oxygen atoms in total. The van der Waals surface area contributed by atoms with Gasteiger partial charge in [0, 0.05) is 0 Å². The molecule has 5 heteroatoms. The van der Waals surface area contributed by atoms with Gasteiger partial charge in [0.1, 0.15) is 5.38 Å². The minimum absolute atomic E-state index is 0.240. The first-order valence-corrected chi connectivity index (χ1v) is 6.08. The summed E-state index contributed by atoms with van der Waals surface area (Å²) >= 11 is 7.47. The Hall–Kier alpha value is -0.870. The van der Waals surface area contributed by atoms with E-state index in [0.29, 0.717) is 11.8 Å². The van der Waals surface area contributed by atoms with Gasteiger partial charge in [0.15, 0.2) is 0 Å². The van der Waals surface area contributed by atoms with Crippen molar-refractivity contribution in [1.82, 2.24) is 10.2 Å². The molecule has 0 spiro atoms. The quantitative estimate of drug-likeness (QED) is 0.771. The van der Waals surface area contributed by atoms with E-state index in [1.54, 1.807) is 11.3 Å². The summed E-state index contributed by atoms with van der Waals surface area (Å²) < 4.78 is 5.49. The first-order chi connectivity index (χ1) is 7.22. The van der Waals surface area contributed by atoms with Crippen molar-refractivity contribution in [2.24, 2.45) is 0 Å². The fourth-order valence-electron chi connectivity index (χ4n) is 1.29. The Morgan fingerprint density at radius 3 is 2.93 bits per heavy atom. The number of hydrogen-bond donors (Lipinski definition) is 0. The van der Waals surface area contributed by atoms with Crippen molar-refractivity contribution in [1.29, 1.82) is 0 Å². The third kappa shape index (κ3) is 2.06. The molecule has 0 amide bonds. The monoisotopic (exact) mass is 242 g/mol. The van der Waals surface area contributed by atoms with Crippen LogP contribution < -0.4 is 0 Å². The van der Waals surface area contributed by atoms with Gasteiger partial charge < -0.3 is 4.42 Å². The van der Waals surface area contributed by atoms with Crippen LogP contribution in [0.5, 0.6) is 0 Å². The van der Waals surface area contributed by atoms with Crippen LogP contribution in [0.2, 0.25) is 0 Å². The lowest BCUT2D eigenvalue weighted by atomic mass is 10.2. The number of aryl methyl sites for hydroxylation is 1. The maximum Gasteiger partial charge on any atom is 0.258 e. The van der Waals surface area contributed by atoms with Crippen LogP contribution in [0, 0.1) is 0 Å². The third-order valence-corrected chi connectivity index (χ3v) is 3.23. The van der Waals surface area contributed by atoms with Crippen LogP contribution in [0.15, 0.2) is 15.9 Å². The molecule has 1 atom stereocenters. The highest BCUT2D eigenvalue weighted by atomic mass is 35.5. The second-order valence-corrected chi connectivity index (χ2v) is 4.76. The molecule has 2 rings (SSSR count). The Bertz CT molecular complexity index is 450. The molecule has 0 bridgehead atoms. The van der Waals surface area contributed by atoms with E-state index in [-0.39, 0.29) is 5.38 Å². The second kappa shape index (κ2) is 4.33. The molecule has 0 saturated heterocycles. The van der Waals surface area contributed by atoms with Gasteiger partial charge in [-0.2, -0.15) is 0 Å². The SMILES string of the molecule is CCc1ccsc1-c1nnc(C(C)Cl)o1. The van der Waals surface area contributed by atoms with Crippen LogP contribution in [0.4, 0.5) is 0 Å². The van der Waals surface area contributed by atoms with Gasteiger partial charge >= 0.3 is 0 Å². The molecule has 0 aliphatic carbocycles. The summed E-state index contributed by atoms with van der Waals surface area (Å²) in [5, 5.41) is 9.69. The topological polar surface area (TPSA) is 38.9 Å². The fraction of sp³-hybridized carbons (Fsp3) is 0.400. The minimum Gasteiger partial charge on any atom is -0.418 e.